The molecule has 2 heterocycles. The molecular weight excluding hydrogens is 386 g/mol. The molecule has 0 saturated heterocycles. The van der Waals surface area contributed by atoms with Crippen molar-refractivity contribution in [2.24, 2.45) is 0 Å². The van der Waals surface area contributed by atoms with Gasteiger partial charge in [0, 0.05) is 34.8 Å². The van der Waals surface area contributed by atoms with E-state index in [2.05, 4.69) is 20.5 Å². The van der Waals surface area contributed by atoms with E-state index in [-0.39, 0.29) is 17.4 Å². The molecule has 0 aliphatic rings. The molecule has 2 aromatic heterocycles. The van der Waals surface area contributed by atoms with Crippen LogP contribution in [-0.4, -0.2) is 37.2 Å². The van der Waals surface area contributed by atoms with Crippen molar-refractivity contribution in [2.45, 2.75) is 19.0 Å². The van der Waals surface area contributed by atoms with Crippen molar-refractivity contribution in [1.82, 2.24) is 19.7 Å². The average Bonchev–Trinajstić information content (AvgIpc) is 3.29. The number of aromatic amines is 1. The molecule has 0 bridgehead atoms. The number of rotatable bonds is 6. The van der Waals surface area contributed by atoms with Gasteiger partial charge in [0.25, 0.3) is 0 Å². The van der Waals surface area contributed by atoms with Gasteiger partial charge in [-0.1, -0.05) is 36.0 Å². The Morgan fingerprint density at radius 3 is 2.83 bits per heavy atom. The zero-order valence-corrected chi connectivity index (χ0v) is 16.8. The lowest BCUT2D eigenvalue weighted by Gasteiger charge is -2.08. The van der Waals surface area contributed by atoms with Crippen LogP contribution < -0.4 is 5.32 Å². The van der Waals surface area contributed by atoms with E-state index in [9.17, 15) is 9.59 Å². The normalized spacial score (nSPS) is 11.0. The number of carbonyl (C=O) groups is 2. The van der Waals surface area contributed by atoms with E-state index in [0.29, 0.717) is 16.4 Å². The Balaban J connectivity index is 1.55. The molecule has 0 unspecified atom stereocenters. The zero-order valence-electron chi connectivity index (χ0n) is 16.0. The van der Waals surface area contributed by atoms with Crippen LogP contribution in [0.3, 0.4) is 0 Å². The number of ketones is 1. The number of hydrogen-bond donors (Lipinski definition) is 2. The highest BCUT2D eigenvalue weighted by atomic mass is 32.2. The molecule has 0 fully saturated rings. The number of aryl methyl sites for hydroxylation is 1. The molecule has 7 nitrogen and oxygen atoms in total. The smallest absolute Gasteiger partial charge is 0.221 e. The van der Waals surface area contributed by atoms with Gasteiger partial charge in [-0.05, 0) is 31.2 Å². The van der Waals surface area contributed by atoms with Gasteiger partial charge < -0.3 is 10.3 Å². The zero-order chi connectivity index (χ0) is 20.4. The topological polar surface area (TPSA) is 92.7 Å². The van der Waals surface area contributed by atoms with Gasteiger partial charge in [-0.2, -0.15) is 0 Å². The fourth-order valence-corrected chi connectivity index (χ4v) is 4.08. The maximum absolute atomic E-state index is 12.9. The molecule has 8 heteroatoms. The van der Waals surface area contributed by atoms with Crippen molar-refractivity contribution in [3.63, 3.8) is 0 Å². The summed E-state index contributed by atoms with van der Waals surface area (Å²) < 4.78 is 1.80. The summed E-state index contributed by atoms with van der Waals surface area (Å²) in [6.45, 7) is 3.37. The van der Waals surface area contributed by atoms with Crippen LogP contribution in [0.15, 0.2) is 60.0 Å². The second-order valence-electron chi connectivity index (χ2n) is 6.60. The number of aromatic nitrogens is 4. The van der Waals surface area contributed by atoms with Gasteiger partial charge in [0.05, 0.1) is 11.4 Å². The summed E-state index contributed by atoms with van der Waals surface area (Å²) in [5.41, 5.74) is 4.02. The van der Waals surface area contributed by atoms with Crippen LogP contribution in [0.1, 0.15) is 23.0 Å². The number of hydrogen-bond acceptors (Lipinski definition) is 5. The molecular formula is C21H19N5O2S. The third-order valence-electron chi connectivity index (χ3n) is 4.47. The number of para-hydroxylation sites is 1. The second kappa shape index (κ2) is 7.92. The minimum absolute atomic E-state index is 0.0338. The number of fused-ring (bicyclic) bond motifs is 1. The summed E-state index contributed by atoms with van der Waals surface area (Å²) in [5.74, 6) is 0.138. The summed E-state index contributed by atoms with van der Waals surface area (Å²) in [6, 6.07) is 15.2. The number of Topliss-reactive ketones (excluding diaryl/α,β-unsaturated/α-hetero) is 1. The molecule has 2 N–H and O–H groups in total. The van der Waals surface area contributed by atoms with Crippen molar-refractivity contribution < 1.29 is 9.59 Å². The van der Waals surface area contributed by atoms with Crippen LogP contribution in [0.2, 0.25) is 0 Å². The van der Waals surface area contributed by atoms with E-state index >= 15 is 0 Å². The Hall–Kier alpha value is -3.39. The first kappa shape index (κ1) is 18.9. The summed E-state index contributed by atoms with van der Waals surface area (Å²) in [5, 5.41) is 12.4. The monoisotopic (exact) mass is 405 g/mol. The quantitative estimate of drug-likeness (QED) is 0.374. The van der Waals surface area contributed by atoms with Crippen LogP contribution in [0.5, 0.6) is 0 Å². The van der Waals surface area contributed by atoms with Crippen molar-refractivity contribution in [2.75, 3.05) is 11.1 Å². The van der Waals surface area contributed by atoms with E-state index in [1.54, 1.807) is 10.9 Å². The number of thioether (sulfide) groups is 1. The van der Waals surface area contributed by atoms with Crippen LogP contribution in [-0.2, 0) is 4.79 Å². The third-order valence-corrected chi connectivity index (χ3v) is 5.41. The molecule has 1 amide bonds. The molecule has 4 aromatic rings. The minimum Gasteiger partial charge on any atom is -0.358 e. The highest BCUT2D eigenvalue weighted by Gasteiger charge is 2.17. The van der Waals surface area contributed by atoms with Crippen LogP contribution in [0.25, 0.3) is 16.6 Å². The average molecular weight is 405 g/mol. The van der Waals surface area contributed by atoms with Gasteiger partial charge >= 0.3 is 0 Å². The van der Waals surface area contributed by atoms with Crippen LogP contribution in [0, 0.1) is 6.92 Å². The number of benzene rings is 2. The van der Waals surface area contributed by atoms with Gasteiger partial charge in [0.1, 0.15) is 6.33 Å². The first-order valence-electron chi connectivity index (χ1n) is 9.04. The van der Waals surface area contributed by atoms with E-state index in [1.807, 2.05) is 55.5 Å². The standard InChI is InChI=1S/C21H19N5O2S/c1-13-20(17-8-3-4-9-18(17)23-13)19(28)11-29-21-25-22-12-26(21)16-7-5-6-15(10-16)24-14(2)27/h3-10,12,23H,11H2,1-2H3,(H,24,27). The van der Waals surface area contributed by atoms with Gasteiger partial charge in [0.15, 0.2) is 10.9 Å². The molecule has 0 aliphatic carbocycles. The number of H-pyrrole nitrogens is 1. The molecule has 0 spiro atoms. The summed E-state index contributed by atoms with van der Waals surface area (Å²) in [4.78, 5) is 27.5. The maximum Gasteiger partial charge on any atom is 0.221 e. The second-order valence-corrected chi connectivity index (χ2v) is 7.54. The number of nitrogens with one attached hydrogen (secondary N) is 2. The molecule has 146 valence electrons. The van der Waals surface area contributed by atoms with Gasteiger partial charge in [-0.3, -0.25) is 14.2 Å². The Labute approximate surface area is 171 Å². The minimum atomic E-state index is -0.139. The van der Waals surface area contributed by atoms with Crippen molar-refractivity contribution in [3.05, 3.63) is 66.1 Å². The van der Waals surface area contributed by atoms with E-state index in [4.69, 9.17) is 0 Å². The number of amides is 1. The Bertz CT molecular complexity index is 1210. The van der Waals surface area contributed by atoms with Crippen molar-refractivity contribution >= 4 is 40.0 Å². The summed E-state index contributed by atoms with van der Waals surface area (Å²) >= 11 is 1.33. The van der Waals surface area contributed by atoms with E-state index in [0.717, 1.165) is 22.3 Å². The van der Waals surface area contributed by atoms with Gasteiger partial charge in [-0.25, -0.2) is 0 Å². The molecule has 0 radical (unpaired) electrons. The number of carbonyl (C=O) groups excluding carboxylic acids is 2. The van der Waals surface area contributed by atoms with Crippen molar-refractivity contribution in [1.29, 1.82) is 0 Å². The molecule has 0 saturated carbocycles. The first-order valence-corrected chi connectivity index (χ1v) is 10.0. The Kier molecular flexibility index (Phi) is 5.18. The largest absolute Gasteiger partial charge is 0.358 e. The highest BCUT2D eigenvalue weighted by molar-refractivity contribution is 7.99. The summed E-state index contributed by atoms with van der Waals surface area (Å²) in [6.07, 6.45) is 1.59. The lowest BCUT2D eigenvalue weighted by Crippen LogP contribution is -2.07. The Morgan fingerprint density at radius 1 is 1.17 bits per heavy atom. The fraction of sp³-hybridized carbons (Fsp3) is 0.143. The van der Waals surface area contributed by atoms with Crippen molar-refractivity contribution in [3.8, 4) is 5.69 Å². The molecule has 0 aliphatic heterocycles. The molecule has 29 heavy (non-hydrogen) atoms. The maximum atomic E-state index is 12.9. The van der Waals surface area contributed by atoms with Crippen LogP contribution >= 0.6 is 11.8 Å². The lowest BCUT2D eigenvalue weighted by molar-refractivity contribution is -0.114. The molecule has 2 aromatic carbocycles. The first-order chi connectivity index (χ1) is 14.0. The number of nitrogens with zero attached hydrogens (tertiary/aromatic N) is 3. The number of anilines is 1. The van der Waals surface area contributed by atoms with E-state index in [1.165, 1.54) is 18.7 Å². The molecule has 0 atom stereocenters. The third kappa shape index (κ3) is 3.93. The van der Waals surface area contributed by atoms with Gasteiger partial charge in [0.2, 0.25) is 5.91 Å². The SMILES string of the molecule is CC(=O)Nc1cccc(-n2cnnc2SCC(=O)c2c(C)[nH]c3ccccc23)c1. The van der Waals surface area contributed by atoms with E-state index < -0.39 is 0 Å². The fourth-order valence-electron chi connectivity index (χ4n) is 3.27. The highest BCUT2D eigenvalue weighted by Crippen LogP contribution is 2.26. The lowest BCUT2D eigenvalue weighted by atomic mass is 10.1. The predicted molar refractivity (Wildman–Crippen MR) is 114 cm³/mol. The van der Waals surface area contributed by atoms with Gasteiger partial charge in [-0.15, -0.1) is 10.2 Å². The predicted octanol–water partition coefficient (Wildman–Crippen LogP) is 3.99. The molecule has 4 rings (SSSR count). The Morgan fingerprint density at radius 2 is 2.00 bits per heavy atom. The summed E-state index contributed by atoms with van der Waals surface area (Å²) in [7, 11) is 0. The van der Waals surface area contributed by atoms with Crippen LogP contribution in [0.4, 0.5) is 5.69 Å².